The van der Waals surface area contributed by atoms with Crippen molar-refractivity contribution in [3.05, 3.63) is 57.9 Å². The van der Waals surface area contributed by atoms with Gasteiger partial charge in [-0.1, -0.05) is 24.6 Å². The number of ether oxygens (including phenoxy) is 1. The van der Waals surface area contributed by atoms with Crippen LogP contribution in [0.5, 0.6) is 0 Å². The van der Waals surface area contributed by atoms with Gasteiger partial charge in [-0.15, -0.1) is 0 Å². The normalized spacial score (nSPS) is 15.9. The molecule has 1 atom stereocenters. The van der Waals surface area contributed by atoms with E-state index in [0.717, 1.165) is 11.1 Å². The van der Waals surface area contributed by atoms with Gasteiger partial charge in [0.2, 0.25) is 0 Å². The number of hydrogen-bond acceptors (Lipinski definition) is 3. The van der Waals surface area contributed by atoms with E-state index < -0.39 is 17.8 Å². The molecule has 7 heteroatoms. The molecule has 1 aliphatic heterocycles. The Morgan fingerprint density at radius 1 is 1.17 bits per heavy atom. The van der Waals surface area contributed by atoms with E-state index in [-0.39, 0.29) is 29.8 Å². The molecule has 2 aromatic rings. The summed E-state index contributed by atoms with van der Waals surface area (Å²) in [4.78, 5) is 29.1. The van der Waals surface area contributed by atoms with Crippen LogP contribution in [0.3, 0.4) is 0 Å². The molecule has 0 bridgehead atoms. The summed E-state index contributed by atoms with van der Waals surface area (Å²) >= 11 is 5.88. The number of anilines is 2. The molecule has 29 heavy (non-hydrogen) atoms. The van der Waals surface area contributed by atoms with Crippen molar-refractivity contribution in [2.24, 2.45) is 0 Å². The molecule has 0 N–H and O–H groups in total. The molecule has 1 heterocycles. The molecule has 0 aliphatic carbocycles. The molecular formula is C22H24ClFN2O3. The Morgan fingerprint density at radius 2 is 1.83 bits per heavy atom. The van der Waals surface area contributed by atoms with Gasteiger partial charge in [-0.3, -0.25) is 9.69 Å². The van der Waals surface area contributed by atoms with E-state index in [1.807, 2.05) is 32.9 Å². The van der Waals surface area contributed by atoms with Crippen LogP contribution < -0.4 is 9.80 Å². The highest BCUT2D eigenvalue weighted by Crippen LogP contribution is 2.40. The van der Waals surface area contributed by atoms with E-state index in [1.54, 1.807) is 17.9 Å². The fraction of sp³-hybridized carbons (Fsp3) is 0.364. The summed E-state index contributed by atoms with van der Waals surface area (Å²) in [5.74, 6) is -1.23. The summed E-state index contributed by atoms with van der Waals surface area (Å²) in [6, 6.07) is 7.80. The topological polar surface area (TPSA) is 49.9 Å². The zero-order chi connectivity index (χ0) is 21.3. The van der Waals surface area contributed by atoms with Crippen LogP contribution in [-0.4, -0.2) is 31.2 Å². The highest BCUT2D eigenvalue weighted by atomic mass is 35.5. The molecule has 0 spiro atoms. The predicted molar refractivity (Wildman–Crippen MR) is 113 cm³/mol. The van der Waals surface area contributed by atoms with Crippen molar-refractivity contribution < 1.29 is 18.7 Å². The lowest BCUT2D eigenvalue weighted by molar-refractivity contribution is 0.0977. The number of amides is 2. The maximum absolute atomic E-state index is 14.5. The van der Waals surface area contributed by atoms with Crippen molar-refractivity contribution in [1.29, 1.82) is 0 Å². The van der Waals surface area contributed by atoms with E-state index in [4.69, 9.17) is 16.3 Å². The highest BCUT2D eigenvalue weighted by molar-refractivity contribution is 6.31. The lowest BCUT2D eigenvalue weighted by Gasteiger charge is -2.42. The van der Waals surface area contributed by atoms with E-state index in [2.05, 4.69) is 0 Å². The number of halogens is 2. The van der Waals surface area contributed by atoms with Crippen LogP contribution in [0.2, 0.25) is 5.02 Å². The first kappa shape index (κ1) is 21.1. The second-order valence-corrected chi connectivity index (χ2v) is 7.48. The predicted octanol–water partition coefficient (Wildman–Crippen LogP) is 5.50. The number of nitrogens with zero attached hydrogens (tertiary/aromatic N) is 2. The zero-order valence-electron chi connectivity index (χ0n) is 17.0. The molecule has 2 amide bonds. The minimum absolute atomic E-state index is 0.0962. The average molecular weight is 419 g/mol. The minimum Gasteiger partial charge on any atom is -0.449 e. The van der Waals surface area contributed by atoms with Crippen LogP contribution in [0.15, 0.2) is 30.3 Å². The lowest BCUT2D eigenvalue weighted by Crippen LogP contribution is -2.53. The molecule has 5 nitrogen and oxygen atoms in total. The first-order chi connectivity index (χ1) is 13.8. The van der Waals surface area contributed by atoms with Crippen molar-refractivity contribution in [2.75, 3.05) is 23.0 Å². The fourth-order valence-corrected chi connectivity index (χ4v) is 3.72. The Bertz CT molecular complexity index is 963. The number of fused-ring (bicyclic) bond motifs is 1. The second-order valence-electron chi connectivity index (χ2n) is 7.07. The fourth-order valence-electron chi connectivity index (χ4n) is 3.54. The smallest absolute Gasteiger partial charge is 0.414 e. The summed E-state index contributed by atoms with van der Waals surface area (Å²) in [5, 5.41) is -0.103. The van der Waals surface area contributed by atoms with E-state index in [0.29, 0.717) is 17.8 Å². The van der Waals surface area contributed by atoms with Crippen molar-refractivity contribution >= 4 is 35.0 Å². The molecular weight excluding hydrogens is 395 g/mol. The van der Waals surface area contributed by atoms with Crippen molar-refractivity contribution in [3.8, 4) is 0 Å². The van der Waals surface area contributed by atoms with Gasteiger partial charge >= 0.3 is 6.09 Å². The molecule has 2 aromatic carbocycles. The van der Waals surface area contributed by atoms with E-state index >= 15 is 0 Å². The number of benzene rings is 2. The summed E-state index contributed by atoms with van der Waals surface area (Å²) in [6.45, 7) is 8.04. The van der Waals surface area contributed by atoms with Crippen molar-refractivity contribution in [2.45, 2.75) is 40.2 Å². The van der Waals surface area contributed by atoms with Crippen molar-refractivity contribution in [1.82, 2.24) is 0 Å². The summed E-state index contributed by atoms with van der Waals surface area (Å²) in [7, 11) is 0. The number of carbonyl (C=O) groups excluding carboxylic acids is 2. The van der Waals surface area contributed by atoms with Crippen LogP contribution in [0.4, 0.5) is 20.6 Å². The summed E-state index contributed by atoms with van der Waals surface area (Å²) < 4.78 is 19.8. The Morgan fingerprint density at radius 3 is 2.45 bits per heavy atom. The molecule has 1 aliphatic rings. The molecule has 154 valence electrons. The maximum atomic E-state index is 14.5. The Labute approximate surface area is 175 Å². The molecule has 0 fully saturated rings. The van der Waals surface area contributed by atoms with Gasteiger partial charge in [0.15, 0.2) is 5.82 Å². The molecule has 0 radical (unpaired) electrons. The SMILES string of the molecule is CCOC(=O)N1c2cc(C)c(C)cc2N(C(=O)c2cccc(Cl)c2F)CC1CC. The molecule has 3 rings (SSSR count). The molecule has 0 saturated heterocycles. The number of rotatable bonds is 3. The van der Waals surface area contributed by atoms with Gasteiger partial charge in [-0.2, -0.15) is 0 Å². The minimum atomic E-state index is -0.745. The largest absolute Gasteiger partial charge is 0.449 e. The monoisotopic (exact) mass is 418 g/mol. The highest BCUT2D eigenvalue weighted by Gasteiger charge is 2.38. The third-order valence-corrected chi connectivity index (χ3v) is 5.55. The van der Waals surface area contributed by atoms with E-state index in [9.17, 15) is 14.0 Å². The zero-order valence-corrected chi connectivity index (χ0v) is 17.7. The van der Waals surface area contributed by atoms with Gasteiger partial charge in [-0.05, 0) is 62.6 Å². The van der Waals surface area contributed by atoms with Crippen LogP contribution >= 0.6 is 11.6 Å². The van der Waals surface area contributed by atoms with Crippen LogP contribution in [0.1, 0.15) is 41.8 Å². The number of carbonyl (C=O) groups is 2. The number of hydrogen-bond donors (Lipinski definition) is 0. The van der Waals surface area contributed by atoms with E-state index in [1.165, 1.54) is 17.0 Å². The summed E-state index contributed by atoms with van der Waals surface area (Å²) in [6.07, 6.45) is 0.150. The third-order valence-electron chi connectivity index (χ3n) is 5.26. The van der Waals surface area contributed by atoms with Crippen molar-refractivity contribution in [3.63, 3.8) is 0 Å². The Hall–Kier alpha value is -2.60. The number of aryl methyl sites for hydroxylation is 2. The van der Waals surface area contributed by atoms with Gasteiger partial charge in [0.1, 0.15) is 0 Å². The first-order valence-electron chi connectivity index (χ1n) is 9.63. The van der Waals surface area contributed by atoms with Gasteiger partial charge in [0.05, 0.1) is 34.6 Å². The van der Waals surface area contributed by atoms with Crippen LogP contribution in [0.25, 0.3) is 0 Å². The average Bonchev–Trinajstić information content (AvgIpc) is 2.69. The lowest BCUT2D eigenvalue weighted by atomic mass is 9.99. The second kappa shape index (κ2) is 8.41. The molecule has 1 unspecified atom stereocenters. The Kier molecular flexibility index (Phi) is 6.13. The molecule has 0 saturated carbocycles. The first-order valence-corrected chi connectivity index (χ1v) is 10.0. The maximum Gasteiger partial charge on any atom is 0.414 e. The summed E-state index contributed by atoms with van der Waals surface area (Å²) in [5.41, 5.74) is 2.99. The third kappa shape index (κ3) is 3.81. The van der Waals surface area contributed by atoms with Gasteiger partial charge in [0, 0.05) is 6.54 Å². The van der Waals surface area contributed by atoms with Crippen LogP contribution in [-0.2, 0) is 4.74 Å². The van der Waals surface area contributed by atoms with Gasteiger partial charge in [-0.25, -0.2) is 9.18 Å². The van der Waals surface area contributed by atoms with Gasteiger partial charge < -0.3 is 9.64 Å². The standard InChI is InChI=1S/C22H24ClFN2O3/c1-5-15-12-25(21(27)16-8-7-9-17(23)20(16)24)18-10-13(3)14(4)11-19(18)26(15)22(28)29-6-2/h7-11,15H,5-6,12H2,1-4H3. The quantitative estimate of drug-likeness (QED) is 0.661. The Balaban J connectivity index is 2.15. The van der Waals surface area contributed by atoms with Crippen LogP contribution in [0, 0.1) is 19.7 Å². The molecule has 0 aromatic heterocycles. The van der Waals surface area contributed by atoms with Gasteiger partial charge in [0.25, 0.3) is 5.91 Å².